The molecule has 0 heterocycles. The zero-order chi connectivity index (χ0) is 13.8. The lowest BCUT2D eigenvalue weighted by molar-refractivity contribution is 0.415. The lowest BCUT2D eigenvalue weighted by Crippen LogP contribution is -1.95. The van der Waals surface area contributed by atoms with Crippen LogP contribution in [0, 0.1) is 11.3 Å². The van der Waals surface area contributed by atoms with Gasteiger partial charge in [0, 0.05) is 23.5 Å². The second kappa shape index (κ2) is 5.51. The Balaban J connectivity index is 2.31. The van der Waals surface area contributed by atoms with Crippen LogP contribution in [0.3, 0.4) is 0 Å². The number of anilines is 3. The molecule has 0 aliphatic carbocycles. The fraction of sp³-hybridized carbons (Fsp3) is 0.0714. The smallest absolute Gasteiger partial charge is 0.122 e. The Morgan fingerprint density at radius 1 is 1.26 bits per heavy atom. The highest BCUT2D eigenvalue weighted by Crippen LogP contribution is 2.29. The van der Waals surface area contributed by atoms with Gasteiger partial charge in [-0.25, -0.2) is 0 Å². The molecule has 0 bridgehead atoms. The number of nitrogen functional groups attached to an aromatic ring is 1. The first-order valence-electron chi connectivity index (χ1n) is 5.53. The number of benzene rings is 2. The maximum atomic E-state index is 8.79. The summed E-state index contributed by atoms with van der Waals surface area (Å²) in [7, 11) is 1.58. The molecule has 2 aromatic carbocycles. The van der Waals surface area contributed by atoms with Gasteiger partial charge in [-0.3, -0.25) is 0 Å². The van der Waals surface area contributed by atoms with E-state index < -0.39 is 0 Å². The molecule has 0 aromatic heterocycles. The first kappa shape index (κ1) is 13.1. The van der Waals surface area contributed by atoms with Crippen molar-refractivity contribution in [3.8, 4) is 11.8 Å². The molecule has 0 radical (unpaired) electrons. The number of halogens is 1. The summed E-state index contributed by atoms with van der Waals surface area (Å²) >= 11 is 6.10. The van der Waals surface area contributed by atoms with Gasteiger partial charge < -0.3 is 15.8 Å². The van der Waals surface area contributed by atoms with Gasteiger partial charge in [-0.2, -0.15) is 5.26 Å². The van der Waals surface area contributed by atoms with E-state index in [1.807, 2.05) is 12.1 Å². The Morgan fingerprint density at radius 3 is 2.68 bits per heavy atom. The fourth-order valence-electron chi connectivity index (χ4n) is 1.65. The van der Waals surface area contributed by atoms with Crippen molar-refractivity contribution in [2.75, 3.05) is 18.2 Å². The summed E-state index contributed by atoms with van der Waals surface area (Å²) in [6.07, 6.45) is 0. The number of hydrogen-bond acceptors (Lipinski definition) is 4. The van der Waals surface area contributed by atoms with E-state index in [9.17, 15) is 0 Å². The molecule has 96 valence electrons. The van der Waals surface area contributed by atoms with Crippen LogP contribution in [0.25, 0.3) is 0 Å². The summed E-state index contributed by atoms with van der Waals surface area (Å²) in [5, 5.41) is 12.4. The summed E-state index contributed by atoms with van der Waals surface area (Å²) < 4.78 is 5.14. The van der Waals surface area contributed by atoms with E-state index in [0.29, 0.717) is 27.7 Å². The maximum absolute atomic E-state index is 8.79. The van der Waals surface area contributed by atoms with Crippen molar-refractivity contribution in [3.63, 3.8) is 0 Å². The summed E-state index contributed by atoms with van der Waals surface area (Å²) in [6.45, 7) is 0. The Kier molecular flexibility index (Phi) is 3.79. The topological polar surface area (TPSA) is 71.1 Å². The second-order valence-electron chi connectivity index (χ2n) is 3.93. The highest BCUT2D eigenvalue weighted by atomic mass is 35.5. The Hall–Kier alpha value is -2.38. The fourth-order valence-corrected chi connectivity index (χ4v) is 1.88. The predicted octanol–water partition coefficient (Wildman–Crippen LogP) is 3.55. The van der Waals surface area contributed by atoms with E-state index in [1.165, 1.54) is 0 Å². The van der Waals surface area contributed by atoms with Gasteiger partial charge in [-0.05, 0) is 24.3 Å². The minimum atomic E-state index is 0.473. The molecule has 5 heteroatoms. The van der Waals surface area contributed by atoms with E-state index >= 15 is 0 Å². The Labute approximate surface area is 116 Å². The third-order valence-corrected chi connectivity index (χ3v) is 2.85. The lowest BCUT2D eigenvalue weighted by Gasteiger charge is -2.11. The van der Waals surface area contributed by atoms with Gasteiger partial charge in [-0.1, -0.05) is 11.6 Å². The third-order valence-electron chi connectivity index (χ3n) is 2.54. The summed E-state index contributed by atoms with van der Waals surface area (Å²) in [6, 6.07) is 12.4. The largest absolute Gasteiger partial charge is 0.497 e. The van der Waals surface area contributed by atoms with Crippen LogP contribution in [0.2, 0.25) is 5.02 Å². The number of nitrogens with one attached hydrogen (secondary N) is 1. The second-order valence-corrected chi connectivity index (χ2v) is 4.33. The van der Waals surface area contributed by atoms with Gasteiger partial charge in [0.05, 0.1) is 29.5 Å². The highest BCUT2D eigenvalue weighted by molar-refractivity contribution is 6.33. The molecular weight excluding hydrogens is 262 g/mol. The molecule has 19 heavy (non-hydrogen) atoms. The minimum absolute atomic E-state index is 0.473. The Bertz CT molecular complexity index is 650. The molecule has 0 saturated heterocycles. The van der Waals surface area contributed by atoms with Crippen LogP contribution >= 0.6 is 11.6 Å². The van der Waals surface area contributed by atoms with Crippen LogP contribution in [0.15, 0.2) is 36.4 Å². The van der Waals surface area contributed by atoms with Gasteiger partial charge in [0.1, 0.15) is 5.75 Å². The molecule has 0 atom stereocenters. The van der Waals surface area contributed by atoms with E-state index in [-0.39, 0.29) is 0 Å². The first-order chi connectivity index (χ1) is 9.12. The third kappa shape index (κ3) is 3.09. The standard InChI is InChI=1S/C14H12ClN3O/c1-19-12-6-10(17)5-11(7-12)18-14-3-2-9(8-16)4-13(14)15/h2-7,18H,17H2,1H3. The van der Waals surface area contributed by atoms with E-state index in [2.05, 4.69) is 5.32 Å². The van der Waals surface area contributed by atoms with Crippen LogP contribution in [-0.4, -0.2) is 7.11 Å². The van der Waals surface area contributed by atoms with Crippen molar-refractivity contribution >= 4 is 28.7 Å². The van der Waals surface area contributed by atoms with E-state index in [1.54, 1.807) is 37.4 Å². The number of nitrogens with zero attached hydrogens (tertiary/aromatic N) is 1. The van der Waals surface area contributed by atoms with Gasteiger partial charge in [-0.15, -0.1) is 0 Å². The molecule has 0 spiro atoms. The number of methoxy groups -OCH3 is 1. The summed E-state index contributed by atoms with van der Waals surface area (Å²) in [5.41, 5.74) is 8.35. The van der Waals surface area contributed by atoms with Crippen LogP contribution in [0.4, 0.5) is 17.1 Å². The van der Waals surface area contributed by atoms with Crippen molar-refractivity contribution in [2.45, 2.75) is 0 Å². The van der Waals surface area contributed by atoms with Crippen molar-refractivity contribution in [1.82, 2.24) is 0 Å². The zero-order valence-electron chi connectivity index (χ0n) is 10.3. The molecule has 0 aliphatic rings. The lowest BCUT2D eigenvalue weighted by atomic mass is 10.2. The average molecular weight is 274 g/mol. The number of hydrogen-bond donors (Lipinski definition) is 2. The maximum Gasteiger partial charge on any atom is 0.122 e. The van der Waals surface area contributed by atoms with Crippen LogP contribution in [0.5, 0.6) is 5.75 Å². The number of ether oxygens (including phenoxy) is 1. The Morgan fingerprint density at radius 2 is 2.05 bits per heavy atom. The van der Waals surface area contributed by atoms with Crippen molar-refractivity contribution < 1.29 is 4.74 Å². The predicted molar refractivity (Wildman–Crippen MR) is 76.9 cm³/mol. The van der Waals surface area contributed by atoms with Gasteiger partial charge >= 0.3 is 0 Å². The molecular formula is C14H12ClN3O. The van der Waals surface area contributed by atoms with Crippen molar-refractivity contribution in [2.24, 2.45) is 0 Å². The molecule has 0 amide bonds. The molecule has 0 saturated carbocycles. The highest BCUT2D eigenvalue weighted by Gasteiger charge is 2.04. The van der Waals surface area contributed by atoms with E-state index in [4.69, 9.17) is 27.3 Å². The minimum Gasteiger partial charge on any atom is -0.497 e. The van der Waals surface area contributed by atoms with Crippen LogP contribution in [-0.2, 0) is 0 Å². The number of nitrogens with two attached hydrogens (primary N) is 1. The molecule has 0 fully saturated rings. The van der Waals surface area contributed by atoms with Crippen molar-refractivity contribution in [3.05, 3.63) is 47.0 Å². The summed E-state index contributed by atoms with van der Waals surface area (Å²) in [4.78, 5) is 0. The quantitative estimate of drug-likeness (QED) is 0.839. The molecule has 4 nitrogen and oxygen atoms in total. The van der Waals surface area contributed by atoms with Gasteiger partial charge in [0.15, 0.2) is 0 Å². The zero-order valence-corrected chi connectivity index (χ0v) is 11.0. The van der Waals surface area contributed by atoms with E-state index in [0.717, 1.165) is 5.69 Å². The normalized spacial score (nSPS) is 9.74. The van der Waals surface area contributed by atoms with Crippen LogP contribution in [0.1, 0.15) is 5.56 Å². The average Bonchev–Trinajstić information content (AvgIpc) is 2.40. The van der Waals surface area contributed by atoms with Gasteiger partial charge in [0.2, 0.25) is 0 Å². The number of nitriles is 1. The molecule has 3 N–H and O–H groups in total. The monoisotopic (exact) mass is 273 g/mol. The van der Waals surface area contributed by atoms with Crippen LogP contribution < -0.4 is 15.8 Å². The number of rotatable bonds is 3. The van der Waals surface area contributed by atoms with Crippen molar-refractivity contribution in [1.29, 1.82) is 5.26 Å². The molecule has 0 aliphatic heterocycles. The molecule has 0 unspecified atom stereocenters. The first-order valence-corrected chi connectivity index (χ1v) is 5.91. The molecule has 2 aromatic rings. The summed E-state index contributed by atoms with van der Waals surface area (Å²) in [5.74, 6) is 0.660. The molecule has 2 rings (SSSR count). The van der Waals surface area contributed by atoms with Gasteiger partial charge in [0.25, 0.3) is 0 Å². The SMILES string of the molecule is COc1cc(N)cc(Nc2ccc(C#N)cc2Cl)c1.